The zero-order valence-corrected chi connectivity index (χ0v) is 15.8. The molecule has 0 saturated heterocycles. The van der Waals surface area contributed by atoms with Crippen molar-refractivity contribution >= 4 is 16.1 Å². The van der Waals surface area contributed by atoms with Gasteiger partial charge in [-0.3, -0.25) is 0 Å². The number of rotatable bonds is 8. The summed E-state index contributed by atoms with van der Waals surface area (Å²) in [5.74, 6) is 0. The molecule has 0 aliphatic heterocycles. The first-order chi connectivity index (χ1) is 8.14. The van der Waals surface area contributed by atoms with E-state index < -0.39 is 16.1 Å². The summed E-state index contributed by atoms with van der Waals surface area (Å²) in [5.41, 5.74) is 6.70. The van der Waals surface area contributed by atoms with E-state index in [2.05, 4.69) is 63.7 Å². The van der Waals surface area contributed by atoms with Crippen molar-refractivity contribution in [3.8, 4) is 0 Å². The summed E-state index contributed by atoms with van der Waals surface area (Å²) in [4.78, 5) is 0. The highest BCUT2D eigenvalue weighted by Gasteiger charge is 2.11. The molecule has 0 spiro atoms. The minimum absolute atomic E-state index is 1.06. The quantitative estimate of drug-likeness (QED) is 0.283. The molecule has 2 heteroatoms. The standard InChI is InChI=1S/C16H34Si2/c1-8-9-10-11-12-16(15-18(5,6)7)13-14-17(2,3)4/h13-15H,8-12H2,1-7H3/b14-13-,16-15+. The van der Waals surface area contributed by atoms with Gasteiger partial charge in [0.1, 0.15) is 0 Å². The molecule has 0 radical (unpaired) electrons. The molecule has 0 aromatic rings. The van der Waals surface area contributed by atoms with Crippen LogP contribution in [0.5, 0.6) is 0 Å². The maximum Gasteiger partial charge on any atom is 0.0690 e. The maximum absolute atomic E-state index is 2.59. The zero-order chi connectivity index (χ0) is 14.2. The van der Waals surface area contributed by atoms with E-state index in [4.69, 9.17) is 0 Å². The highest BCUT2D eigenvalue weighted by Crippen LogP contribution is 2.17. The van der Waals surface area contributed by atoms with Crippen molar-refractivity contribution in [2.24, 2.45) is 0 Å². The van der Waals surface area contributed by atoms with Crippen molar-refractivity contribution in [3.05, 3.63) is 23.0 Å². The minimum atomic E-state index is -1.08. The van der Waals surface area contributed by atoms with Crippen LogP contribution in [0, 0.1) is 0 Å². The lowest BCUT2D eigenvalue weighted by Crippen LogP contribution is -2.18. The summed E-state index contributed by atoms with van der Waals surface area (Å²) < 4.78 is 0. The molecule has 0 unspecified atom stereocenters. The van der Waals surface area contributed by atoms with Gasteiger partial charge in [-0.15, -0.1) is 0 Å². The number of hydrogen-bond acceptors (Lipinski definition) is 0. The molecule has 0 bridgehead atoms. The van der Waals surface area contributed by atoms with Crippen LogP contribution < -0.4 is 0 Å². The first kappa shape index (κ1) is 17.9. The lowest BCUT2D eigenvalue weighted by Gasteiger charge is -2.14. The van der Waals surface area contributed by atoms with Gasteiger partial charge in [0, 0.05) is 0 Å². The van der Waals surface area contributed by atoms with Crippen LogP contribution in [0.25, 0.3) is 0 Å². The van der Waals surface area contributed by atoms with Crippen LogP contribution in [0.1, 0.15) is 39.0 Å². The molecular formula is C16H34Si2. The molecule has 0 aliphatic carbocycles. The lowest BCUT2D eigenvalue weighted by molar-refractivity contribution is 0.668. The Hall–Kier alpha value is -0.0862. The topological polar surface area (TPSA) is 0 Å². The third kappa shape index (κ3) is 12.4. The average molecular weight is 283 g/mol. The highest BCUT2D eigenvalue weighted by molar-refractivity contribution is 6.81. The average Bonchev–Trinajstić information content (AvgIpc) is 2.17. The van der Waals surface area contributed by atoms with Crippen molar-refractivity contribution in [3.63, 3.8) is 0 Å². The molecule has 0 atom stereocenters. The lowest BCUT2D eigenvalue weighted by atomic mass is 10.1. The van der Waals surface area contributed by atoms with Crippen LogP contribution >= 0.6 is 0 Å². The molecule has 0 aliphatic rings. The van der Waals surface area contributed by atoms with E-state index in [9.17, 15) is 0 Å². The van der Waals surface area contributed by atoms with Crippen LogP contribution in [-0.2, 0) is 0 Å². The fourth-order valence-electron chi connectivity index (χ4n) is 1.87. The molecule has 0 saturated carbocycles. The second-order valence-electron chi connectivity index (χ2n) is 7.60. The Bertz CT molecular complexity index is 274. The van der Waals surface area contributed by atoms with Gasteiger partial charge in [-0.25, -0.2) is 0 Å². The Morgan fingerprint density at radius 2 is 1.44 bits per heavy atom. The van der Waals surface area contributed by atoms with Crippen molar-refractivity contribution in [1.29, 1.82) is 0 Å². The van der Waals surface area contributed by atoms with Gasteiger partial charge in [0.15, 0.2) is 0 Å². The van der Waals surface area contributed by atoms with Crippen molar-refractivity contribution in [2.45, 2.75) is 78.3 Å². The fourth-order valence-corrected chi connectivity index (χ4v) is 3.94. The Kier molecular flexibility index (Phi) is 8.12. The van der Waals surface area contributed by atoms with Gasteiger partial charge in [0.2, 0.25) is 0 Å². The molecule has 0 nitrogen and oxygen atoms in total. The Morgan fingerprint density at radius 3 is 1.89 bits per heavy atom. The maximum atomic E-state index is 2.59. The number of unbranched alkanes of at least 4 members (excludes halogenated alkanes) is 3. The molecule has 106 valence electrons. The van der Waals surface area contributed by atoms with E-state index in [0.29, 0.717) is 0 Å². The van der Waals surface area contributed by atoms with Crippen molar-refractivity contribution in [2.75, 3.05) is 0 Å². The van der Waals surface area contributed by atoms with Gasteiger partial charge >= 0.3 is 0 Å². The van der Waals surface area contributed by atoms with Crippen molar-refractivity contribution in [1.82, 2.24) is 0 Å². The smallest absolute Gasteiger partial charge is 0.0690 e. The first-order valence-corrected chi connectivity index (χ1v) is 14.7. The van der Waals surface area contributed by atoms with E-state index in [1.165, 1.54) is 32.1 Å². The van der Waals surface area contributed by atoms with Crippen LogP contribution in [-0.4, -0.2) is 16.1 Å². The molecule has 0 amide bonds. The normalized spacial score (nSPS) is 14.5. The van der Waals surface area contributed by atoms with Crippen LogP contribution in [0.2, 0.25) is 39.3 Å². The second kappa shape index (κ2) is 8.16. The molecule has 0 heterocycles. The third-order valence-electron chi connectivity index (χ3n) is 2.73. The molecule has 0 fully saturated rings. The Balaban J connectivity index is 4.55. The molecular weight excluding hydrogens is 248 g/mol. The Morgan fingerprint density at radius 1 is 0.833 bits per heavy atom. The summed E-state index contributed by atoms with van der Waals surface area (Å²) in [7, 11) is -2.14. The minimum Gasteiger partial charge on any atom is -0.0948 e. The van der Waals surface area contributed by atoms with Gasteiger partial charge in [-0.1, -0.05) is 88.5 Å². The molecule has 0 rings (SSSR count). The highest BCUT2D eigenvalue weighted by atomic mass is 28.3. The van der Waals surface area contributed by atoms with E-state index in [1.54, 1.807) is 5.57 Å². The SMILES string of the molecule is CCCCCCC(/C=C\[Si](C)(C)C)=C\[Si](C)(C)C. The van der Waals surface area contributed by atoms with Gasteiger partial charge in [-0.2, -0.15) is 0 Å². The molecule has 18 heavy (non-hydrogen) atoms. The van der Waals surface area contributed by atoms with E-state index in [0.717, 1.165) is 0 Å². The first-order valence-electron chi connectivity index (χ1n) is 7.55. The summed E-state index contributed by atoms with van der Waals surface area (Å²) in [6.45, 7) is 16.8. The van der Waals surface area contributed by atoms with Crippen LogP contribution in [0.3, 0.4) is 0 Å². The van der Waals surface area contributed by atoms with Gasteiger partial charge in [0.25, 0.3) is 0 Å². The van der Waals surface area contributed by atoms with Gasteiger partial charge in [-0.05, 0) is 12.8 Å². The fraction of sp³-hybridized carbons (Fsp3) is 0.750. The summed E-state index contributed by atoms with van der Waals surface area (Å²) in [6, 6.07) is 0. The van der Waals surface area contributed by atoms with Gasteiger partial charge in [0.05, 0.1) is 16.1 Å². The van der Waals surface area contributed by atoms with E-state index in [1.807, 2.05) is 0 Å². The number of allylic oxidation sites excluding steroid dienone is 2. The molecule has 0 aromatic heterocycles. The van der Waals surface area contributed by atoms with Crippen molar-refractivity contribution < 1.29 is 0 Å². The predicted octanol–water partition coefficient (Wildman–Crippen LogP) is 6.19. The third-order valence-corrected chi connectivity index (χ3v) is 5.14. The van der Waals surface area contributed by atoms with Crippen LogP contribution in [0.4, 0.5) is 0 Å². The zero-order valence-electron chi connectivity index (χ0n) is 13.8. The van der Waals surface area contributed by atoms with Gasteiger partial charge < -0.3 is 0 Å². The monoisotopic (exact) mass is 282 g/mol. The van der Waals surface area contributed by atoms with E-state index in [-0.39, 0.29) is 0 Å². The van der Waals surface area contributed by atoms with Crippen LogP contribution in [0.15, 0.2) is 23.0 Å². The molecule has 0 aromatic carbocycles. The summed E-state index contributed by atoms with van der Waals surface area (Å²) in [6.07, 6.45) is 9.19. The summed E-state index contributed by atoms with van der Waals surface area (Å²) in [5, 5.41) is 0. The largest absolute Gasteiger partial charge is 0.0948 e. The predicted molar refractivity (Wildman–Crippen MR) is 92.7 cm³/mol. The van der Waals surface area contributed by atoms with E-state index >= 15 is 0 Å². The number of hydrogen-bond donors (Lipinski definition) is 0. The molecule has 0 N–H and O–H groups in total. The second-order valence-corrected chi connectivity index (χ2v) is 17.7. The summed E-state index contributed by atoms with van der Waals surface area (Å²) >= 11 is 0. The Labute approximate surface area is 118 Å².